The molecule has 7 heteroatoms. The van der Waals surface area contributed by atoms with E-state index in [9.17, 15) is 18.3 Å². The van der Waals surface area contributed by atoms with Gasteiger partial charge in [0.15, 0.2) is 0 Å². The van der Waals surface area contributed by atoms with Gasteiger partial charge in [0.1, 0.15) is 17.1 Å². The first kappa shape index (κ1) is 25.4. The second-order valence-corrected chi connectivity index (χ2v) is 12.7. The van der Waals surface area contributed by atoms with Crippen LogP contribution in [0.3, 0.4) is 0 Å². The molecule has 0 aliphatic heterocycles. The number of benzene rings is 3. The topological polar surface area (TPSA) is 87.8 Å². The van der Waals surface area contributed by atoms with Crippen molar-refractivity contribution in [3.63, 3.8) is 0 Å². The number of hydrogen-bond acceptors (Lipinski definition) is 5. The lowest BCUT2D eigenvalue weighted by molar-refractivity contribution is 0.189. The van der Waals surface area contributed by atoms with Crippen LogP contribution in [0.25, 0.3) is 11.1 Å². The molecule has 2 fully saturated rings. The second-order valence-electron chi connectivity index (χ2n) is 10.8. The number of sulfonamides is 1. The van der Waals surface area contributed by atoms with Crippen LogP contribution in [0.4, 0.5) is 5.69 Å². The Kier molecular flexibility index (Phi) is 6.34. The van der Waals surface area contributed by atoms with Crippen LogP contribution in [-0.2, 0) is 21.9 Å². The summed E-state index contributed by atoms with van der Waals surface area (Å²) >= 11 is 0. The van der Waals surface area contributed by atoms with Gasteiger partial charge in [0.2, 0.25) is 0 Å². The van der Waals surface area contributed by atoms with Crippen LogP contribution in [0, 0.1) is 0 Å². The number of nitrogens with zero attached hydrogens (tertiary/aromatic N) is 1. The van der Waals surface area contributed by atoms with Gasteiger partial charge < -0.3 is 9.52 Å². The highest BCUT2D eigenvalue weighted by Gasteiger charge is 2.42. The van der Waals surface area contributed by atoms with Gasteiger partial charge in [0.25, 0.3) is 10.0 Å². The minimum absolute atomic E-state index is 0.00956. The maximum absolute atomic E-state index is 13.8. The fourth-order valence-corrected chi connectivity index (χ4v) is 7.29. The summed E-state index contributed by atoms with van der Waals surface area (Å²) in [7, 11) is -2.40. The molecular formula is C32H31NO5S. The predicted octanol–water partition coefficient (Wildman–Crippen LogP) is 6.38. The number of hydrogen-bond donors (Lipinski definition) is 1. The molecule has 2 aliphatic carbocycles. The van der Waals surface area contributed by atoms with Gasteiger partial charge in [-0.25, -0.2) is 13.2 Å². The molecule has 4 aromatic rings. The molecule has 0 radical (unpaired) electrons. The highest BCUT2D eigenvalue weighted by atomic mass is 32.2. The van der Waals surface area contributed by atoms with Gasteiger partial charge in [0.05, 0.1) is 10.6 Å². The zero-order chi connectivity index (χ0) is 27.2. The van der Waals surface area contributed by atoms with Crippen molar-refractivity contribution in [2.45, 2.75) is 54.8 Å². The molecule has 6 rings (SSSR count). The van der Waals surface area contributed by atoms with Crippen LogP contribution in [0.1, 0.15) is 54.9 Å². The number of aromatic hydroxyl groups is 1. The van der Waals surface area contributed by atoms with Crippen LogP contribution in [0.15, 0.2) is 99.0 Å². The van der Waals surface area contributed by atoms with Crippen molar-refractivity contribution in [2.24, 2.45) is 0 Å². The minimum atomic E-state index is -3.93. The molecule has 0 saturated heterocycles. The lowest BCUT2D eigenvalue weighted by atomic mass is 9.63. The molecule has 0 bridgehead atoms. The van der Waals surface area contributed by atoms with Crippen molar-refractivity contribution in [1.29, 1.82) is 0 Å². The first-order chi connectivity index (χ1) is 18.8. The highest BCUT2D eigenvalue weighted by Crippen LogP contribution is 2.50. The van der Waals surface area contributed by atoms with Gasteiger partial charge in [-0.15, -0.1) is 0 Å². The first-order valence-electron chi connectivity index (χ1n) is 13.4. The van der Waals surface area contributed by atoms with Gasteiger partial charge in [-0.3, -0.25) is 4.31 Å². The van der Waals surface area contributed by atoms with E-state index in [2.05, 4.69) is 12.1 Å². The molecule has 0 atom stereocenters. The molecule has 1 heterocycles. The molecule has 6 nitrogen and oxygen atoms in total. The molecule has 2 aliphatic rings. The van der Waals surface area contributed by atoms with Crippen molar-refractivity contribution < 1.29 is 17.9 Å². The molecule has 2 saturated carbocycles. The van der Waals surface area contributed by atoms with Crippen molar-refractivity contribution in [1.82, 2.24) is 0 Å². The van der Waals surface area contributed by atoms with Gasteiger partial charge in [-0.1, -0.05) is 67.1 Å². The predicted molar refractivity (Wildman–Crippen MR) is 152 cm³/mol. The average Bonchev–Trinajstić information content (AvgIpc) is 3.76. The second kappa shape index (κ2) is 9.72. The molecule has 0 spiro atoms. The fraction of sp³-hybridized carbons (Fsp3) is 0.281. The van der Waals surface area contributed by atoms with E-state index in [-0.39, 0.29) is 27.5 Å². The number of para-hydroxylation sites is 1. The summed E-state index contributed by atoms with van der Waals surface area (Å²) in [6.45, 7) is 0. The van der Waals surface area contributed by atoms with Crippen LogP contribution in [0.5, 0.6) is 5.75 Å². The Morgan fingerprint density at radius 1 is 0.949 bits per heavy atom. The molecule has 3 aromatic carbocycles. The van der Waals surface area contributed by atoms with Gasteiger partial charge >= 0.3 is 5.63 Å². The van der Waals surface area contributed by atoms with E-state index in [1.807, 2.05) is 24.3 Å². The number of anilines is 1. The zero-order valence-corrected chi connectivity index (χ0v) is 22.7. The summed E-state index contributed by atoms with van der Waals surface area (Å²) in [5, 5.41) is 11.3. The molecule has 0 unspecified atom stereocenters. The molecule has 0 amide bonds. The first-order valence-corrected chi connectivity index (χ1v) is 14.8. The maximum atomic E-state index is 13.8. The Morgan fingerprint density at radius 3 is 2.21 bits per heavy atom. The molecular weight excluding hydrogens is 510 g/mol. The average molecular weight is 542 g/mol. The van der Waals surface area contributed by atoms with E-state index < -0.39 is 15.6 Å². The van der Waals surface area contributed by atoms with Crippen molar-refractivity contribution >= 4 is 15.7 Å². The van der Waals surface area contributed by atoms with E-state index in [1.165, 1.54) is 11.4 Å². The van der Waals surface area contributed by atoms with E-state index in [0.29, 0.717) is 22.6 Å². The third-order valence-corrected chi connectivity index (χ3v) is 10.1. The van der Waals surface area contributed by atoms with Gasteiger partial charge in [-0.05, 0) is 72.9 Å². The maximum Gasteiger partial charge on any atom is 0.347 e. The van der Waals surface area contributed by atoms with E-state index in [1.54, 1.807) is 48.5 Å². The standard InChI is InChI=1S/C32H31NO5S/c1-33(24-12-6-3-7-13-24)39(36,37)27-15-8-14-25(29(27)23-16-17-23)30-26(34)20-28(38-31(30)35)32(18-9-19-32)21-22-10-4-2-5-11-22/h2-8,10-15,20,23,34H,9,16-19,21H2,1H3. The lowest BCUT2D eigenvalue weighted by Gasteiger charge is -2.41. The Bertz CT molecular complexity index is 1670. The van der Waals surface area contributed by atoms with Crippen LogP contribution >= 0.6 is 0 Å². The summed E-state index contributed by atoms with van der Waals surface area (Å²) in [5.74, 6) is 0.308. The molecule has 39 heavy (non-hydrogen) atoms. The van der Waals surface area contributed by atoms with Gasteiger partial charge in [0, 0.05) is 18.5 Å². The minimum Gasteiger partial charge on any atom is -0.507 e. The third kappa shape index (κ3) is 4.55. The Labute approximate surface area is 228 Å². The quantitative estimate of drug-likeness (QED) is 0.280. The van der Waals surface area contributed by atoms with Crippen LogP contribution < -0.4 is 9.93 Å². The Morgan fingerprint density at radius 2 is 1.62 bits per heavy atom. The monoisotopic (exact) mass is 541 g/mol. The van der Waals surface area contributed by atoms with Crippen LogP contribution in [0.2, 0.25) is 0 Å². The molecule has 1 N–H and O–H groups in total. The summed E-state index contributed by atoms with van der Waals surface area (Å²) in [6.07, 6.45) is 5.13. The van der Waals surface area contributed by atoms with E-state index in [4.69, 9.17) is 4.42 Å². The number of rotatable bonds is 8. The molecule has 200 valence electrons. The Balaban J connectivity index is 1.44. The van der Waals surface area contributed by atoms with Crippen LogP contribution in [-0.4, -0.2) is 20.6 Å². The Hall–Kier alpha value is -3.84. The normalized spacial score (nSPS) is 16.4. The van der Waals surface area contributed by atoms with E-state index in [0.717, 1.165) is 44.1 Å². The van der Waals surface area contributed by atoms with E-state index >= 15 is 0 Å². The summed E-state index contributed by atoms with van der Waals surface area (Å²) in [6, 6.07) is 25.5. The van der Waals surface area contributed by atoms with Crippen molar-refractivity contribution in [2.75, 3.05) is 11.4 Å². The fourth-order valence-electron chi connectivity index (χ4n) is 5.80. The van der Waals surface area contributed by atoms with Crippen molar-refractivity contribution in [3.8, 4) is 16.9 Å². The smallest absolute Gasteiger partial charge is 0.347 e. The lowest BCUT2D eigenvalue weighted by Crippen LogP contribution is -2.37. The highest BCUT2D eigenvalue weighted by molar-refractivity contribution is 7.92. The molecule has 1 aromatic heterocycles. The van der Waals surface area contributed by atoms with Crippen molar-refractivity contribution in [3.05, 3.63) is 112 Å². The summed E-state index contributed by atoms with van der Waals surface area (Å²) in [4.78, 5) is 13.7. The largest absolute Gasteiger partial charge is 0.507 e. The summed E-state index contributed by atoms with van der Waals surface area (Å²) < 4.78 is 34.8. The zero-order valence-electron chi connectivity index (χ0n) is 21.8. The SMILES string of the molecule is CN(c1ccccc1)S(=O)(=O)c1cccc(-c2c(O)cc(C3(Cc4ccccc4)CCC3)oc2=O)c1C1CC1. The summed E-state index contributed by atoms with van der Waals surface area (Å²) in [5.41, 5.74) is 1.73. The third-order valence-electron chi connectivity index (χ3n) is 8.23. The van der Waals surface area contributed by atoms with Gasteiger partial charge in [-0.2, -0.15) is 0 Å².